The molecule has 0 N–H and O–H groups in total. The largest absolute Gasteiger partial charge is 0.610 e. The van der Waals surface area contributed by atoms with Gasteiger partial charge in [-0.2, -0.15) is 0 Å². The van der Waals surface area contributed by atoms with Crippen LogP contribution in [0, 0.1) is 84.6 Å². The van der Waals surface area contributed by atoms with E-state index in [1.54, 1.807) is 29.4 Å². The molecule has 0 unspecified atom stereocenters. The number of benzene rings is 6. The fourth-order valence-corrected chi connectivity index (χ4v) is 16.3. The van der Waals surface area contributed by atoms with E-state index in [9.17, 15) is 0 Å². The molecule has 0 aliphatic heterocycles. The van der Waals surface area contributed by atoms with E-state index in [0.29, 0.717) is 93.0 Å². The summed E-state index contributed by atoms with van der Waals surface area (Å²) in [6, 6.07) is 45.5. The third-order valence-electron chi connectivity index (χ3n) is 13.5. The summed E-state index contributed by atoms with van der Waals surface area (Å²) in [7, 11) is 46.2. The molecule has 0 aliphatic rings. The van der Waals surface area contributed by atoms with E-state index in [0.717, 1.165) is 71.9 Å². The maximum atomic E-state index is 6.39. The predicted molar refractivity (Wildman–Crippen MR) is 396 cm³/mol. The zero-order chi connectivity index (χ0) is 68.7. The first-order chi connectivity index (χ1) is 45.3. The molecule has 38 heteroatoms. The topological polar surface area (TPSA) is 130 Å². The smallest absolute Gasteiger partial charge is 0.434 e. The third kappa shape index (κ3) is 54.5. The molecule has 0 bridgehead atoms. The molecular formula is C69H90N6O12P4S4W12-12. The third-order valence-corrected chi connectivity index (χ3v) is 22.3. The Hall–Kier alpha value is 4.50. The van der Waals surface area contributed by atoms with Gasteiger partial charge in [0.15, 0.2) is 0 Å². The van der Waals surface area contributed by atoms with Crippen LogP contribution in [-0.4, -0.2) is 108 Å². The van der Waals surface area contributed by atoms with Crippen LogP contribution in [0.5, 0.6) is 34.5 Å². The molecule has 596 valence electrons. The monoisotopic (exact) mass is 3650 g/mol. The predicted octanol–water partition coefficient (Wildman–Crippen LogP) is 16.2. The van der Waals surface area contributed by atoms with Crippen molar-refractivity contribution < 1.29 is 307 Å². The van der Waals surface area contributed by atoms with Gasteiger partial charge in [-0.05, 0) is 176 Å². The van der Waals surface area contributed by atoms with Crippen molar-refractivity contribution in [2.24, 2.45) is 0 Å². The first kappa shape index (κ1) is 125. The fourth-order valence-electron chi connectivity index (χ4n) is 8.36. The molecule has 6 rings (SSSR count). The van der Waals surface area contributed by atoms with E-state index in [-0.39, 0.29) is 292 Å². The second kappa shape index (κ2) is 68.1. The second-order valence-electron chi connectivity index (χ2n) is 22.1. The van der Waals surface area contributed by atoms with Crippen molar-refractivity contribution in [1.29, 1.82) is 0 Å². The Bertz CT molecular complexity index is 2860. The summed E-state index contributed by atoms with van der Waals surface area (Å²) in [6.07, 6.45) is 5.35. The van der Waals surface area contributed by atoms with Gasteiger partial charge in [-0.15, -0.1) is 0 Å². The number of hydrogen-bond donors (Lipinski definition) is 0. The van der Waals surface area contributed by atoms with Gasteiger partial charge in [-0.25, -0.2) is 0 Å². The van der Waals surface area contributed by atoms with Gasteiger partial charge in [0, 0.05) is 288 Å². The van der Waals surface area contributed by atoms with Crippen molar-refractivity contribution >= 4 is 74.1 Å². The van der Waals surface area contributed by atoms with Crippen LogP contribution in [0.2, 0.25) is 0 Å². The maximum absolute atomic E-state index is 6.39. The number of nitrogens with zero attached hydrogens (tertiary/aromatic N) is 6. The molecule has 0 aromatic heterocycles. The Morgan fingerprint density at radius 1 is 0.206 bits per heavy atom. The van der Waals surface area contributed by atoms with Crippen molar-refractivity contribution in [3.63, 3.8) is 0 Å². The first-order valence-corrected chi connectivity index (χ1v) is 40.8. The molecule has 18 nitrogen and oxygen atoms in total. The van der Waals surface area contributed by atoms with Crippen molar-refractivity contribution in [3.8, 4) is 34.5 Å². The molecule has 0 aliphatic carbocycles. The summed E-state index contributed by atoms with van der Waals surface area (Å²) in [4.78, 5) is 9.80. The molecule has 0 radical (unpaired) electrons. The number of hydrogen-bond acceptors (Lipinski definition) is 22. The van der Waals surface area contributed by atoms with E-state index < -0.39 is 26.9 Å². The minimum Gasteiger partial charge on any atom is -0.610 e. The Morgan fingerprint density at radius 3 is 0.449 bits per heavy atom. The molecule has 0 saturated heterocycles. The van der Waals surface area contributed by atoms with Crippen LogP contribution in [0.15, 0.2) is 146 Å². The van der Waals surface area contributed by atoms with Gasteiger partial charge in [0.1, 0.15) is 34.5 Å². The minimum absolute atomic E-state index is 0. The average molecular weight is 3650 g/mol. The Kier molecular flexibility index (Phi) is 79.3. The van der Waals surface area contributed by atoms with Crippen molar-refractivity contribution in [2.45, 2.75) is 57.8 Å². The van der Waals surface area contributed by atoms with Gasteiger partial charge in [0.25, 0.3) is 0 Å². The number of rotatable bonds is 48. The van der Waals surface area contributed by atoms with Gasteiger partial charge in [-0.1, -0.05) is 112 Å². The molecule has 6 aromatic rings. The SMILES string of the molecule is [CH2-]N([CH2-])CCc1ccc(OP(=S)(OCCCOP(=S)(OCCCOP(=S)(Oc2ccc(CCN([CH2-])[CH2-])cc2)Oc2ccc(CCN([CH2-])[CH2-])cc2)OCCCOP(=S)(Oc2ccc(CCN([CH2-])[CH2-])cc2)Oc2ccc(CCN([CH2-])[CH2-])cc2)Oc2ccc(CCN([CH2-])[CH2-])cc2)cc1.[W].[W].[W].[W].[W].[W].[W].[W].[W].[W].[W].[W]. The first-order valence-electron chi connectivity index (χ1n) is 30.6. The van der Waals surface area contributed by atoms with Crippen LogP contribution in [-0.2, 0) is 366 Å². The minimum atomic E-state index is -3.53. The molecule has 6 aromatic carbocycles. The second-order valence-corrected chi connectivity index (χ2v) is 33.7. The van der Waals surface area contributed by atoms with Crippen LogP contribution in [0.25, 0.3) is 0 Å². The summed E-state index contributed by atoms with van der Waals surface area (Å²) >= 11 is 24.4. The Labute approximate surface area is 833 Å². The molecule has 0 atom stereocenters. The maximum Gasteiger partial charge on any atom is 0.434 e. The van der Waals surface area contributed by atoms with Crippen molar-refractivity contribution in [3.05, 3.63) is 264 Å². The summed E-state index contributed by atoms with van der Waals surface area (Å²) in [5.41, 5.74) is 6.42. The van der Waals surface area contributed by atoms with Gasteiger partial charge in [-0.3, -0.25) is 13.6 Å². The van der Waals surface area contributed by atoms with Crippen molar-refractivity contribution in [2.75, 3.05) is 78.9 Å². The van der Waals surface area contributed by atoms with Crippen LogP contribution >= 0.6 is 26.9 Å². The van der Waals surface area contributed by atoms with Gasteiger partial charge >= 0.3 is 26.9 Å². The molecule has 0 saturated carbocycles. The fraction of sp³-hybridized carbons (Fsp3) is 0.304. The zero-order valence-corrected chi connectivity index (χ0v) is 101. The molecular weight excluding hydrogens is 3560 g/mol. The van der Waals surface area contributed by atoms with E-state index in [1.165, 1.54) is 0 Å². The standard InChI is InChI=1S/C69H90N6O12P4S4.12W/c1-70(2)46-40-58-16-28-64(29-17-58)82-89(93,83-65-30-18-59(19-31-65)41-47-71(3)4)79-55-13-52-76-88(92,77-53-14-56-80-90(94,84-66-32-20-60(21-33-66)42-48-72(5)6)85-67-34-22-61(23-35-67)43-49-73(7)8)78-54-15-57-81-91(95,86-68-36-24-62(25-37-68)44-50-74(9)10)87-69-38-26-63(27-39-69)45-51-75(11)12;;;;;;;;;;;;/h16-39H,1-15,40-57H2;;;;;;;;;;;;/q-12;;;;;;;;;;;;. The van der Waals surface area contributed by atoms with Crippen LogP contribution in [0.1, 0.15) is 52.6 Å². The van der Waals surface area contributed by atoms with Crippen molar-refractivity contribution in [1.82, 2.24) is 29.4 Å². The van der Waals surface area contributed by atoms with E-state index >= 15 is 0 Å². The normalized spacial score (nSPS) is 11.0. The summed E-state index contributed by atoms with van der Waals surface area (Å²) in [6.45, 7) is -9.65. The molecule has 0 amide bonds. The van der Waals surface area contributed by atoms with Gasteiger partial charge < -0.3 is 155 Å². The molecule has 0 spiro atoms. The summed E-state index contributed by atoms with van der Waals surface area (Å²) < 4.78 is 76.6. The molecule has 107 heavy (non-hydrogen) atoms. The summed E-state index contributed by atoms with van der Waals surface area (Å²) in [5.74, 6) is 2.88. The molecule has 0 fully saturated rings. The zero-order valence-electron chi connectivity index (χ0n) is 59.1. The molecule has 0 heterocycles. The van der Waals surface area contributed by atoms with Crippen LogP contribution < -0.4 is 27.1 Å². The van der Waals surface area contributed by atoms with E-state index in [4.69, 9.17) is 102 Å². The van der Waals surface area contributed by atoms with Gasteiger partial charge in [0.05, 0.1) is 39.6 Å². The Morgan fingerprint density at radius 2 is 0.327 bits per heavy atom. The summed E-state index contributed by atoms with van der Waals surface area (Å²) in [5, 5.41) is 0. The van der Waals surface area contributed by atoms with Gasteiger partial charge in [0.2, 0.25) is 0 Å². The van der Waals surface area contributed by atoms with E-state index in [1.807, 2.05) is 146 Å². The van der Waals surface area contributed by atoms with Crippen LogP contribution in [0.4, 0.5) is 0 Å². The quantitative estimate of drug-likeness (QED) is 0.0204. The van der Waals surface area contributed by atoms with Crippen LogP contribution in [0.3, 0.4) is 0 Å². The average Bonchev–Trinajstić information content (AvgIpc) is 0.841. The Balaban J connectivity index is -0.00000167. The van der Waals surface area contributed by atoms with E-state index in [2.05, 4.69) is 84.6 Å².